The first-order chi connectivity index (χ1) is 9.92. The van der Waals surface area contributed by atoms with Crippen LogP contribution in [0.5, 0.6) is 5.75 Å². The molecule has 1 aliphatic rings. The van der Waals surface area contributed by atoms with E-state index >= 15 is 0 Å². The van der Waals surface area contributed by atoms with Gasteiger partial charge < -0.3 is 10.1 Å². The number of hydrogen-bond donors (Lipinski definition) is 1. The molecule has 3 heteroatoms. The van der Waals surface area contributed by atoms with E-state index in [9.17, 15) is 0 Å². The lowest BCUT2D eigenvalue weighted by atomic mass is 9.90. The van der Waals surface area contributed by atoms with Gasteiger partial charge in [0.15, 0.2) is 0 Å². The van der Waals surface area contributed by atoms with Gasteiger partial charge in [0.25, 0.3) is 0 Å². The quantitative estimate of drug-likeness (QED) is 0.916. The van der Waals surface area contributed by atoms with E-state index in [1.54, 1.807) is 0 Å². The summed E-state index contributed by atoms with van der Waals surface area (Å²) >= 11 is 0. The van der Waals surface area contributed by atoms with Crippen molar-refractivity contribution < 1.29 is 4.74 Å². The number of hydrogen-bond acceptors (Lipinski definition) is 2. The number of piperidine rings is 1. The molecule has 1 aliphatic heterocycles. The van der Waals surface area contributed by atoms with Crippen molar-refractivity contribution in [3.8, 4) is 5.75 Å². The highest BCUT2D eigenvalue weighted by atomic mass is 35.5. The molecule has 0 saturated carbocycles. The van der Waals surface area contributed by atoms with Gasteiger partial charge in [-0.2, -0.15) is 0 Å². The maximum absolute atomic E-state index is 5.82. The van der Waals surface area contributed by atoms with Crippen LogP contribution in [-0.2, 0) is 6.61 Å². The van der Waals surface area contributed by atoms with Gasteiger partial charge in [0.2, 0.25) is 0 Å². The molecule has 1 saturated heterocycles. The van der Waals surface area contributed by atoms with Crippen LogP contribution in [0.1, 0.15) is 29.9 Å². The van der Waals surface area contributed by atoms with Crippen LogP contribution >= 0.6 is 12.4 Å². The van der Waals surface area contributed by atoms with Gasteiger partial charge in [0, 0.05) is 0 Å². The van der Waals surface area contributed by atoms with E-state index < -0.39 is 0 Å². The van der Waals surface area contributed by atoms with E-state index in [1.807, 2.05) is 18.2 Å². The van der Waals surface area contributed by atoms with Gasteiger partial charge in [0.05, 0.1) is 0 Å². The molecule has 0 bridgehead atoms. The standard InChI is InChI=1S/C18H21NO.ClH/c1-2-4-15(5-3-1)14-20-18-8-6-16(7-9-18)17-10-12-19-13-11-17;/h1-9,17,19H,10-14H2;1H. The molecule has 0 radical (unpaired) electrons. The molecule has 2 aromatic carbocycles. The summed E-state index contributed by atoms with van der Waals surface area (Å²) in [5.41, 5.74) is 2.65. The van der Waals surface area contributed by atoms with Crippen LogP contribution in [-0.4, -0.2) is 13.1 Å². The lowest BCUT2D eigenvalue weighted by molar-refractivity contribution is 0.306. The summed E-state index contributed by atoms with van der Waals surface area (Å²) in [6.07, 6.45) is 2.48. The first-order valence-electron chi connectivity index (χ1n) is 7.39. The minimum absolute atomic E-state index is 0. The second kappa shape index (κ2) is 8.06. The summed E-state index contributed by atoms with van der Waals surface area (Å²) in [6, 6.07) is 18.9. The molecule has 0 amide bonds. The predicted molar refractivity (Wildman–Crippen MR) is 89.3 cm³/mol. The molecule has 21 heavy (non-hydrogen) atoms. The van der Waals surface area contributed by atoms with Crippen LogP contribution < -0.4 is 10.1 Å². The molecule has 0 aromatic heterocycles. The number of benzene rings is 2. The fourth-order valence-electron chi connectivity index (χ4n) is 2.73. The Labute approximate surface area is 132 Å². The molecule has 0 spiro atoms. The molecule has 0 unspecified atom stereocenters. The van der Waals surface area contributed by atoms with Gasteiger partial charge in [-0.15, -0.1) is 12.4 Å². The molecular weight excluding hydrogens is 282 g/mol. The Kier molecular flexibility index (Phi) is 6.09. The van der Waals surface area contributed by atoms with Gasteiger partial charge in [-0.05, 0) is 55.1 Å². The van der Waals surface area contributed by atoms with Crippen molar-refractivity contribution in [1.29, 1.82) is 0 Å². The molecule has 3 rings (SSSR count). The highest BCUT2D eigenvalue weighted by Crippen LogP contribution is 2.26. The molecule has 2 nitrogen and oxygen atoms in total. The highest BCUT2D eigenvalue weighted by molar-refractivity contribution is 5.85. The van der Waals surface area contributed by atoms with Crippen molar-refractivity contribution in [1.82, 2.24) is 5.32 Å². The summed E-state index contributed by atoms with van der Waals surface area (Å²) in [6.45, 7) is 2.90. The zero-order valence-electron chi connectivity index (χ0n) is 12.1. The summed E-state index contributed by atoms with van der Waals surface area (Å²) in [7, 11) is 0. The second-order valence-electron chi connectivity index (χ2n) is 5.37. The lowest BCUT2D eigenvalue weighted by Crippen LogP contribution is -2.26. The van der Waals surface area contributed by atoms with Crippen molar-refractivity contribution in [3.63, 3.8) is 0 Å². The first kappa shape index (κ1) is 15.9. The third-order valence-electron chi connectivity index (χ3n) is 3.94. The van der Waals surface area contributed by atoms with E-state index in [0.29, 0.717) is 12.5 Å². The number of halogens is 1. The molecule has 112 valence electrons. The third kappa shape index (κ3) is 4.48. The van der Waals surface area contributed by atoms with Crippen LogP contribution in [0.4, 0.5) is 0 Å². The van der Waals surface area contributed by atoms with E-state index in [0.717, 1.165) is 18.8 Å². The molecule has 2 aromatic rings. The predicted octanol–water partition coefficient (Wildman–Crippen LogP) is 4.15. The SMILES string of the molecule is Cl.c1ccc(COc2ccc(C3CCNCC3)cc2)cc1. The summed E-state index contributed by atoms with van der Waals surface area (Å²) in [5.74, 6) is 1.66. The van der Waals surface area contributed by atoms with Gasteiger partial charge in [-0.3, -0.25) is 0 Å². The van der Waals surface area contributed by atoms with Gasteiger partial charge in [0.1, 0.15) is 12.4 Å². The molecule has 0 atom stereocenters. The zero-order valence-corrected chi connectivity index (χ0v) is 12.9. The van der Waals surface area contributed by atoms with Crippen LogP contribution in [0.3, 0.4) is 0 Å². The van der Waals surface area contributed by atoms with Crippen LogP contribution in [0.2, 0.25) is 0 Å². The monoisotopic (exact) mass is 303 g/mol. The fraction of sp³-hybridized carbons (Fsp3) is 0.333. The van der Waals surface area contributed by atoms with Crippen molar-refractivity contribution in [2.75, 3.05) is 13.1 Å². The minimum atomic E-state index is 0. The normalized spacial score (nSPS) is 15.2. The summed E-state index contributed by atoms with van der Waals surface area (Å²) in [4.78, 5) is 0. The number of rotatable bonds is 4. The van der Waals surface area contributed by atoms with E-state index in [4.69, 9.17) is 4.74 Å². The Morgan fingerprint density at radius 3 is 2.24 bits per heavy atom. The van der Waals surface area contributed by atoms with Gasteiger partial charge in [-0.25, -0.2) is 0 Å². The molecule has 1 heterocycles. The maximum Gasteiger partial charge on any atom is 0.119 e. The van der Waals surface area contributed by atoms with Gasteiger partial charge >= 0.3 is 0 Å². The van der Waals surface area contributed by atoms with E-state index in [1.165, 1.54) is 24.0 Å². The Morgan fingerprint density at radius 1 is 0.905 bits per heavy atom. The Balaban J connectivity index is 0.00000161. The highest BCUT2D eigenvalue weighted by Gasteiger charge is 2.14. The average molecular weight is 304 g/mol. The average Bonchev–Trinajstić information content (AvgIpc) is 2.55. The molecular formula is C18H22ClNO. The second-order valence-corrected chi connectivity index (χ2v) is 5.37. The zero-order chi connectivity index (χ0) is 13.6. The summed E-state index contributed by atoms with van der Waals surface area (Å²) in [5, 5.41) is 3.41. The Morgan fingerprint density at radius 2 is 1.57 bits per heavy atom. The van der Waals surface area contributed by atoms with Crippen LogP contribution in [0, 0.1) is 0 Å². The smallest absolute Gasteiger partial charge is 0.119 e. The molecule has 1 fully saturated rings. The van der Waals surface area contributed by atoms with E-state index in [2.05, 4.69) is 41.7 Å². The largest absolute Gasteiger partial charge is 0.489 e. The van der Waals surface area contributed by atoms with Crippen molar-refractivity contribution in [2.24, 2.45) is 0 Å². The molecule has 1 N–H and O–H groups in total. The van der Waals surface area contributed by atoms with Gasteiger partial charge in [-0.1, -0.05) is 42.5 Å². The first-order valence-corrected chi connectivity index (χ1v) is 7.39. The Hall–Kier alpha value is -1.51. The Bertz CT molecular complexity index is 521. The lowest BCUT2D eigenvalue weighted by Gasteiger charge is -2.23. The third-order valence-corrected chi connectivity index (χ3v) is 3.94. The van der Waals surface area contributed by atoms with E-state index in [-0.39, 0.29) is 12.4 Å². The van der Waals surface area contributed by atoms with Crippen molar-refractivity contribution in [2.45, 2.75) is 25.4 Å². The van der Waals surface area contributed by atoms with Crippen LogP contribution in [0.15, 0.2) is 54.6 Å². The van der Waals surface area contributed by atoms with Crippen molar-refractivity contribution >= 4 is 12.4 Å². The molecule has 0 aliphatic carbocycles. The van der Waals surface area contributed by atoms with Crippen molar-refractivity contribution in [3.05, 3.63) is 65.7 Å². The fourth-order valence-corrected chi connectivity index (χ4v) is 2.73. The maximum atomic E-state index is 5.82. The number of ether oxygens (including phenoxy) is 1. The van der Waals surface area contributed by atoms with Crippen LogP contribution in [0.25, 0.3) is 0 Å². The number of nitrogens with one attached hydrogen (secondary N) is 1. The minimum Gasteiger partial charge on any atom is -0.489 e. The topological polar surface area (TPSA) is 21.3 Å². The summed E-state index contributed by atoms with van der Waals surface area (Å²) < 4.78 is 5.82.